The third kappa shape index (κ3) is 3.98. The Morgan fingerprint density at radius 3 is 2.66 bits per heavy atom. The van der Waals surface area contributed by atoms with E-state index in [1.165, 1.54) is 0 Å². The predicted octanol–water partition coefficient (Wildman–Crippen LogP) is 5.41. The number of carbonyl (C=O) groups is 1. The molecule has 1 saturated heterocycles. The molecule has 0 unspecified atom stereocenters. The summed E-state index contributed by atoms with van der Waals surface area (Å²) in [6.45, 7) is 9.67. The summed E-state index contributed by atoms with van der Waals surface area (Å²) >= 11 is 3.56. The molecule has 1 aliphatic carbocycles. The van der Waals surface area contributed by atoms with Crippen LogP contribution >= 0.6 is 15.9 Å². The Bertz CT molecular complexity index is 927. The van der Waals surface area contributed by atoms with Gasteiger partial charge in [0.2, 0.25) is 0 Å². The number of likely N-dealkylation sites (tertiary alicyclic amines) is 1. The molecule has 0 bridgehead atoms. The minimum absolute atomic E-state index is 0.184. The summed E-state index contributed by atoms with van der Waals surface area (Å²) in [7, 11) is 1.67. The van der Waals surface area contributed by atoms with Crippen LogP contribution in [0.1, 0.15) is 53.0 Å². The van der Waals surface area contributed by atoms with Gasteiger partial charge in [-0.25, -0.2) is 4.79 Å². The van der Waals surface area contributed by atoms with Gasteiger partial charge in [0.15, 0.2) is 0 Å². The summed E-state index contributed by atoms with van der Waals surface area (Å²) in [5.74, 6) is 1.30. The van der Waals surface area contributed by atoms with E-state index >= 15 is 0 Å². The molecule has 1 saturated carbocycles. The molecule has 7 heteroatoms. The van der Waals surface area contributed by atoms with Crippen molar-refractivity contribution in [3.63, 3.8) is 0 Å². The Hall–Kier alpha value is -1.76. The van der Waals surface area contributed by atoms with Gasteiger partial charge in [0.25, 0.3) is 0 Å². The zero-order valence-corrected chi connectivity index (χ0v) is 19.5. The second-order valence-electron chi connectivity index (χ2n) is 9.78. The zero-order chi connectivity index (χ0) is 21.0. The molecular formula is C22H30BrN3O3. The maximum absolute atomic E-state index is 12.3. The lowest BCUT2D eigenvalue weighted by Crippen LogP contribution is -2.61. The quantitative estimate of drug-likeness (QED) is 0.597. The van der Waals surface area contributed by atoms with Crippen molar-refractivity contribution < 1.29 is 14.3 Å². The number of fused-ring (bicyclic) bond motifs is 1. The molecule has 1 aromatic heterocycles. The van der Waals surface area contributed by atoms with Crippen molar-refractivity contribution in [3.8, 4) is 5.75 Å². The second kappa shape index (κ2) is 7.18. The number of aromatic nitrogens is 2. The van der Waals surface area contributed by atoms with Crippen LogP contribution in [0.3, 0.4) is 0 Å². The fourth-order valence-electron chi connectivity index (χ4n) is 4.93. The lowest BCUT2D eigenvalue weighted by molar-refractivity contribution is -0.0648. The van der Waals surface area contributed by atoms with Crippen LogP contribution in [0.15, 0.2) is 22.8 Å². The largest absolute Gasteiger partial charge is 0.495 e. The number of hydrogen-bond acceptors (Lipinski definition) is 4. The number of halogens is 1. The highest BCUT2D eigenvalue weighted by molar-refractivity contribution is 9.10. The summed E-state index contributed by atoms with van der Waals surface area (Å²) in [6.07, 6.45) is 5.27. The Morgan fingerprint density at radius 1 is 1.31 bits per heavy atom. The van der Waals surface area contributed by atoms with E-state index in [1.807, 2.05) is 31.7 Å². The topological polar surface area (TPSA) is 56.6 Å². The number of ether oxygens (including phenoxy) is 2. The van der Waals surface area contributed by atoms with Crippen LogP contribution in [0.5, 0.6) is 5.75 Å². The molecule has 6 nitrogen and oxygen atoms in total. The van der Waals surface area contributed by atoms with Gasteiger partial charge < -0.3 is 14.4 Å². The average Bonchev–Trinajstić information content (AvgIpc) is 2.99. The van der Waals surface area contributed by atoms with Crippen LogP contribution < -0.4 is 4.74 Å². The Labute approximate surface area is 180 Å². The molecule has 2 fully saturated rings. The van der Waals surface area contributed by atoms with E-state index < -0.39 is 5.60 Å². The van der Waals surface area contributed by atoms with Crippen molar-refractivity contribution in [3.05, 3.63) is 22.8 Å². The van der Waals surface area contributed by atoms with Crippen molar-refractivity contribution >= 4 is 32.9 Å². The molecular weight excluding hydrogens is 434 g/mol. The molecule has 0 N–H and O–H groups in total. The smallest absolute Gasteiger partial charge is 0.410 e. The fraction of sp³-hybridized carbons (Fsp3) is 0.636. The number of amides is 1. The summed E-state index contributed by atoms with van der Waals surface area (Å²) in [6, 6.07) is 4.43. The molecule has 2 aromatic rings. The van der Waals surface area contributed by atoms with Gasteiger partial charge in [-0.15, -0.1) is 0 Å². The van der Waals surface area contributed by atoms with Crippen LogP contribution in [-0.4, -0.2) is 46.6 Å². The first kappa shape index (κ1) is 20.5. The van der Waals surface area contributed by atoms with Crippen LogP contribution in [0.4, 0.5) is 4.79 Å². The van der Waals surface area contributed by atoms with E-state index in [1.54, 1.807) is 7.11 Å². The molecule has 0 radical (unpaired) electrons. The van der Waals surface area contributed by atoms with Gasteiger partial charge in [-0.2, -0.15) is 5.10 Å². The van der Waals surface area contributed by atoms with Gasteiger partial charge in [0.1, 0.15) is 11.4 Å². The molecule has 2 heterocycles. The molecule has 2 aliphatic rings. The Balaban J connectivity index is 1.43. The molecule has 1 spiro atoms. The summed E-state index contributed by atoms with van der Waals surface area (Å²) < 4.78 is 14.0. The van der Waals surface area contributed by atoms with E-state index in [0.29, 0.717) is 12.0 Å². The SMILES string of the molecule is COc1cc2nn([C@@H]3CCC4(C[C@H]3C)CN(C(=O)OC(C)(C)C)C4)cc2cc1Br. The Morgan fingerprint density at radius 2 is 2.03 bits per heavy atom. The van der Waals surface area contributed by atoms with Crippen molar-refractivity contribution in [2.45, 2.75) is 58.6 Å². The molecule has 29 heavy (non-hydrogen) atoms. The number of methoxy groups -OCH3 is 1. The third-order valence-electron chi connectivity index (χ3n) is 6.22. The predicted molar refractivity (Wildman–Crippen MR) is 116 cm³/mol. The first-order chi connectivity index (χ1) is 13.6. The van der Waals surface area contributed by atoms with Crippen LogP contribution in [-0.2, 0) is 4.74 Å². The van der Waals surface area contributed by atoms with Gasteiger partial charge in [0, 0.05) is 36.2 Å². The lowest BCUT2D eigenvalue weighted by Gasteiger charge is -2.54. The maximum Gasteiger partial charge on any atom is 0.410 e. The van der Waals surface area contributed by atoms with Gasteiger partial charge in [-0.3, -0.25) is 4.68 Å². The molecule has 4 rings (SSSR count). The van der Waals surface area contributed by atoms with Gasteiger partial charge in [0.05, 0.1) is 23.1 Å². The van der Waals surface area contributed by atoms with Crippen LogP contribution in [0.2, 0.25) is 0 Å². The van der Waals surface area contributed by atoms with Crippen molar-refractivity contribution in [2.24, 2.45) is 11.3 Å². The molecule has 158 valence electrons. The minimum Gasteiger partial charge on any atom is -0.495 e. The summed E-state index contributed by atoms with van der Waals surface area (Å²) in [5, 5.41) is 5.96. The summed E-state index contributed by atoms with van der Waals surface area (Å²) in [4.78, 5) is 14.1. The maximum atomic E-state index is 12.3. The van der Waals surface area contributed by atoms with E-state index in [2.05, 4.69) is 39.8 Å². The number of hydrogen-bond donors (Lipinski definition) is 0. The Kier molecular flexibility index (Phi) is 5.08. The monoisotopic (exact) mass is 463 g/mol. The summed E-state index contributed by atoms with van der Waals surface area (Å²) in [5.41, 5.74) is 0.758. The van der Waals surface area contributed by atoms with Crippen molar-refractivity contribution in [1.29, 1.82) is 0 Å². The number of nitrogens with zero attached hydrogens (tertiary/aromatic N) is 3. The number of rotatable bonds is 2. The fourth-order valence-corrected chi connectivity index (χ4v) is 5.45. The van der Waals surface area contributed by atoms with Gasteiger partial charge in [-0.1, -0.05) is 6.92 Å². The standard InChI is InChI=1S/C22H30BrN3O3/c1-14-10-22(12-25(13-22)20(27)29-21(2,3)4)7-6-18(14)26-11-15-8-16(23)19(28-5)9-17(15)24-26/h8-9,11,14,18H,6-7,10,12-13H2,1-5H3/t14-,18-/m1/s1. The van der Waals surface area contributed by atoms with Crippen molar-refractivity contribution in [1.82, 2.24) is 14.7 Å². The van der Waals surface area contributed by atoms with E-state index in [-0.39, 0.29) is 11.5 Å². The second-order valence-corrected chi connectivity index (χ2v) is 10.6. The molecule has 1 aromatic carbocycles. The van der Waals surface area contributed by atoms with E-state index in [9.17, 15) is 4.79 Å². The first-order valence-electron chi connectivity index (χ1n) is 10.3. The van der Waals surface area contributed by atoms with Gasteiger partial charge >= 0.3 is 6.09 Å². The molecule has 2 atom stereocenters. The average molecular weight is 464 g/mol. The molecule has 1 amide bonds. The highest BCUT2D eigenvalue weighted by Gasteiger charge is 2.50. The number of carbonyl (C=O) groups excluding carboxylic acids is 1. The minimum atomic E-state index is -0.440. The third-order valence-corrected chi connectivity index (χ3v) is 6.84. The molecule has 1 aliphatic heterocycles. The van der Waals surface area contributed by atoms with Gasteiger partial charge in [-0.05, 0) is 67.9 Å². The van der Waals surface area contributed by atoms with Crippen LogP contribution in [0.25, 0.3) is 10.9 Å². The number of benzene rings is 1. The van der Waals surface area contributed by atoms with E-state index in [0.717, 1.165) is 53.5 Å². The normalized spacial score (nSPS) is 23.9. The van der Waals surface area contributed by atoms with Crippen LogP contribution in [0, 0.1) is 11.3 Å². The highest BCUT2D eigenvalue weighted by Crippen LogP contribution is 2.49. The zero-order valence-electron chi connectivity index (χ0n) is 17.9. The van der Waals surface area contributed by atoms with Crippen molar-refractivity contribution in [2.75, 3.05) is 20.2 Å². The first-order valence-corrected chi connectivity index (χ1v) is 11.1. The highest BCUT2D eigenvalue weighted by atomic mass is 79.9. The van der Waals surface area contributed by atoms with E-state index in [4.69, 9.17) is 14.6 Å². The lowest BCUT2D eigenvalue weighted by atomic mass is 9.64.